The fraction of sp³-hybridized carbons (Fsp3) is 0.182. The van der Waals surface area contributed by atoms with Crippen LogP contribution in [0, 0.1) is 3.57 Å². The molecule has 0 saturated carbocycles. The van der Waals surface area contributed by atoms with E-state index in [9.17, 15) is 0 Å². The number of halogens is 1. The maximum absolute atomic E-state index is 5.78. The van der Waals surface area contributed by atoms with Gasteiger partial charge >= 0.3 is 0 Å². The van der Waals surface area contributed by atoms with Gasteiger partial charge in [0.1, 0.15) is 5.01 Å². The second-order valence-corrected chi connectivity index (χ2v) is 5.51. The van der Waals surface area contributed by atoms with Crippen LogP contribution < -0.4 is 5.73 Å². The Morgan fingerprint density at radius 1 is 1.47 bits per heavy atom. The van der Waals surface area contributed by atoms with Crippen LogP contribution in [0.4, 0.5) is 0 Å². The first-order chi connectivity index (χ1) is 7.16. The molecule has 0 spiro atoms. The zero-order valence-electron chi connectivity index (χ0n) is 8.27. The lowest BCUT2D eigenvalue weighted by Gasteiger charge is -1.99. The second-order valence-electron chi connectivity index (χ2n) is 3.37. The summed E-state index contributed by atoms with van der Waals surface area (Å²) in [7, 11) is 0. The van der Waals surface area contributed by atoms with Gasteiger partial charge in [-0.3, -0.25) is 0 Å². The molecule has 15 heavy (non-hydrogen) atoms. The Hall–Kier alpha value is -0.460. The molecule has 0 amide bonds. The lowest BCUT2D eigenvalue weighted by molar-refractivity contribution is 0.808. The Balaban J connectivity index is 2.37. The van der Waals surface area contributed by atoms with E-state index in [0.717, 1.165) is 16.3 Å². The van der Waals surface area contributed by atoms with Crippen molar-refractivity contribution in [2.45, 2.75) is 13.0 Å². The second kappa shape index (κ2) is 4.59. The zero-order valence-corrected chi connectivity index (χ0v) is 11.2. The van der Waals surface area contributed by atoms with E-state index in [1.807, 2.05) is 13.0 Å². The summed E-state index contributed by atoms with van der Waals surface area (Å²) in [5, 5.41) is 3.05. The number of hydrogen-bond donors (Lipinski definition) is 1. The van der Waals surface area contributed by atoms with Gasteiger partial charge in [-0.15, -0.1) is 11.3 Å². The number of nitrogens with two attached hydrogens (primary N) is 1. The van der Waals surface area contributed by atoms with E-state index in [2.05, 4.69) is 51.2 Å². The summed E-state index contributed by atoms with van der Waals surface area (Å²) in [5.41, 5.74) is 7.96. The van der Waals surface area contributed by atoms with Gasteiger partial charge in [-0.2, -0.15) is 0 Å². The van der Waals surface area contributed by atoms with Crippen LogP contribution >= 0.6 is 33.9 Å². The molecule has 0 aliphatic rings. The molecule has 2 N–H and O–H groups in total. The summed E-state index contributed by atoms with van der Waals surface area (Å²) >= 11 is 3.92. The standard InChI is InChI=1S/C11H11IN2S/c1-7(13)11-14-10(6-15-11)8-3-2-4-9(12)5-8/h2-7H,13H2,1H3. The van der Waals surface area contributed by atoms with Gasteiger partial charge in [0.25, 0.3) is 0 Å². The Morgan fingerprint density at radius 3 is 2.87 bits per heavy atom. The number of rotatable bonds is 2. The summed E-state index contributed by atoms with van der Waals surface area (Å²) in [4.78, 5) is 4.51. The Labute approximate surface area is 107 Å². The van der Waals surface area contributed by atoms with E-state index in [0.29, 0.717) is 0 Å². The highest BCUT2D eigenvalue weighted by Gasteiger charge is 2.07. The van der Waals surface area contributed by atoms with Crippen molar-refractivity contribution in [3.05, 3.63) is 38.2 Å². The van der Waals surface area contributed by atoms with Crippen molar-refractivity contribution in [3.63, 3.8) is 0 Å². The Morgan fingerprint density at radius 2 is 2.27 bits per heavy atom. The molecule has 1 aromatic carbocycles. The van der Waals surface area contributed by atoms with Gasteiger partial charge in [0.2, 0.25) is 0 Å². The summed E-state index contributed by atoms with van der Waals surface area (Å²) in [6.45, 7) is 1.96. The number of nitrogens with zero attached hydrogens (tertiary/aromatic N) is 1. The molecular weight excluding hydrogens is 319 g/mol. The van der Waals surface area contributed by atoms with Crippen LogP contribution in [0.15, 0.2) is 29.6 Å². The molecule has 2 rings (SSSR count). The summed E-state index contributed by atoms with van der Waals surface area (Å²) in [6, 6.07) is 8.33. The molecule has 1 unspecified atom stereocenters. The molecule has 4 heteroatoms. The van der Waals surface area contributed by atoms with Gasteiger partial charge in [-0.05, 0) is 41.6 Å². The molecule has 0 radical (unpaired) electrons. The van der Waals surface area contributed by atoms with Crippen molar-refractivity contribution in [1.82, 2.24) is 4.98 Å². The highest BCUT2D eigenvalue weighted by atomic mass is 127. The quantitative estimate of drug-likeness (QED) is 0.857. The van der Waals surface area contributed by atoms with Crippen LogP contribution in [0.2, 0.25) is 0 Å². The Bertz CT molecular complexity index is 465. The van der Waals surface area contributed by atoms with Crippen LogP contribution in [0.5, 0.6) is 0 Å². The lowest BCUT2D eigenvalue weighted by atomic mass is 10.2. The maximum atomic E-state index is 5.78. The third kappa shape index (κ3) is 2.56. The number of thiazole rings is 1. The van der Waals surface area contributed by atoms with Crippen LogP contribution in [0.25, 0.3) is 11.3 Å². The lowest BCUT2D eigenvalue weighted by Crippen LogP contribution is -2.03. The number of benzene rings is 1. The molecule has 0 aliphatic heterocycles. The molecule has 78 valence electrons. The molecule has 1 atom stereocenters. The highest BCUT2D eigenvalue weighted by molar-refractivity contribution is 14.1. The fourth-order valence-corrected chi connectivity index (χ4v) is 2.61. The first kappa shape index (κ1) is 11.0. The van der Waals surface area contributed by atoms with Crippen LogP contribution in [0.1, 0.15) is 18.0 Å². The topological polar surface area (TPSA) is 38.9 Å². The van der Waals surface area contributed by atoms with Gasteiger partial charge < -0.3 is 5.73 Å². The predicted molar refractivity (Wildman–Crippen MR) is 72.9 cm³/mol. The minimum absolute atomic E-state index is 0.0199. The SMILES string of the molecule is CC(N)c1nc(-c2cccc(I)c2)cs1. The van der Waals surface area contributed by atoms with E-state index in [1.54, 1.807) is 11.3 Å². The first-order valence-electron chi connectivity index (χ1n) is 4.64. The van der Waals surface area contributed by atoms with E-state index in [1.165, 1.54) is 3.57 Å². The maximum Gasteiger partial charge on any atom is 0.110 e. The molecule has 1 aromatic heterocycles. The third-order valence-corrected chi connectivity index (χ3v) is 3.75. The van der Waals surface area contributed by atoms with E-state index >= 15 is 0 Å². The predicted octanol–water partition coefficient (Wildman–Crippen LogP) is 3.43. The fourth-order valence-electron chi connectivity index (χ4n) is 1.28. The molecule has 2 nitrogen and oxygen atoms in total. The average molecular weight is 330 g/mol. The van der Waals surface area contributed by atoms with Crippen molar-refractivity contribution >= 4 is 33.9 Å². The van der Waals surface area contributed by atoms with Gasteiger partial charge in [0.05, 0.1) is 11.7 Å². The molecule has 0 saturated heterocycles. The molecule has 0 aliphatic carbocycles. The molecular formula is C11H11IN2S. The van der Waals surface area contributed by atoms with Crippen LogP contribution in [-0.2, 0) is 0 Å². The summed E-state index contributed by atoms with van der Waals surface area (Å²) < 4.78 is 1.22. The smallest absolute Gasteiger partial charge is 0.110 e. The van der Waals surface area contributed by atoms with Gasteiger partial charge in [0.15, 0.2) is 0 Å². The first-order valence-corrected chi connectivity index (χ1v) is 6.59. The average Bonchev–Trinajstić information content (AvgIpc) is 2.66. The van der Waals surface area contributed by atoms with Crippen LogP contribution in [0.3, 0.4) is 0 Å². The summed E-state index contributed by atoms with van der Waals surface area (Å²) in [6.07, 6.45) is 0. The van der Waals surface area contributed by atoms with Crippen molar-refractivity contribution < 1.29 is 0 Å². The molecule has 0 fully saturated rings. The van der Waals surface area contributed by atoms with E-state index in [-0.39, 0.29) is 6.04 Å². The minimum atomic E-state index is 0.0199. The third-order valence-electron chi connectivity index (χ3n) is 2.03. The zero-order chi connectivity index (χ0) is 10.8. The molecule has 0 bridgehead atoms. The number of hydrogen-bond acceptors (Lipinski definition) is 3. The number of aromatic nitrogens is 1. The summed E-state index contributed by atoms with van der Waals surface area (Å²) in [5.74, 6) is 0. The van der Waals surface area contributed by atoms with Crippen molar-refractivity contribution in [3.8, 4) is 11.3 Å². The largest absolute Gasteiger partial charge is 0.322 e. The van der Waals surface area contributed by atoms with E-state index in [4.69, 9.17) is 5.73 Å². The van der Waals surface area contributed by atoms with E-state index < -0.39 is 0 Å². The normalized spacial score (nSPS) is 12.7. The van der Waals surface area contributed by atoms with Gasteiger partial charge in [-0.1, -0.05) is 12.1 Å². The van der Waals surface area contributed by atoms with Crippen LogP contribution in [-0.4, -0.2) is 4.98 Å². The van der Waals surface area contributed by atoms with Crippen molar-refractivity contribution in [2.24, 2.45) is 5.73 Å². The molecule has 1 heterocycles. The van der Waals surface area contributed by atoms with Crippen molar-refractivity contribution in [2.75, 3.05) is 0 Å². The van der Waals surface area contributed by atoms with Crippen molar-refractivity contribution in [1.29, 1.82) is 0 Å². The minimum Gasteiger partial charge on any atom is -0.322 e. The van der Waals surface area contributed by atoms with Gasteiger partial charge in [-0.25, -0.2) is 4.98 Å². The molecule has 2 aromatic rings. The monoisotopic (exact) mass is 330 g/mol. The Kier molecular flexibility index (Phi) is 3.38. The van der Waals surface area contributed by atoms with Gasteiger partial charge in [0, 0.05) is 14.5 Å². The highest BCUT2D eigenvalue weighted by Crippen LogP contribution is 2.25.